The summed E-state index contributed by atoms with van der Waals surface area (Å²) < 4.78 is 7.50. The number of hydrogen-bond donors (Lipinski definition) is 1. The van der Waals surface area contributed by atoms with Gasteiger partial charge in [-0.15, -0.1) is 0 Å². The van der Waals surface area contributed by atoms with Crippen LogP contribution in [0.3, 0.4) is 0 Å². The minimum absolute atomic E-state index is 0.121. The van der Waals surface area contributed by atoms with Crippen molar-refractivity contribution in [3.63, 3.8) is 0 Å². The number of anilines is 1. The fraction of sp³-hybridized carbons (Fsp3) is 0.111. The Morgan fingerprint density at radius 3 is 2.71 bits per heavy atom. The molecule has 0 fully saturated rings. The van der Waals surface area contributed by atoms with Crippen LogP contribution in [0.25, 0.3) is 10.9 Å². The number of carbonyl (C=O) groups is 1. The first-order valence-electron chi connectivity index (χ1n) is 7.31. The molecule has 0 aliphatic heterocycles. The van der Waals surface area contributed by atoms with Crippen LogP contribution in [0.2, 0.25) is 0 Å². The summed E-state index contributed by atoms with van der Waals surface area (Å²) in [5.41, 5.74) is 2.08. The predicted octanol–water partition coefficient (Wildman–Crippen LogP) is 4.05. The van der Waals surface area contributed by atoms with Crippen molar-refractivity contribution in [2.45, 2.75) is 6.61 Å². The normalized spacial score (nSPS) is 10.6. The van der Waals surface area contributed by atoms with E-state index in [1.807, 2.05) is 41.9 Å². The van der Waals surface area contributed by atoms with Crippen LogP contribution in [0.5, 0.6) is 0 Å². The van der Waals surface area contributed by atoms with E-state index in [9.17, 15) is 9.59 Å². The molecule has 0 atom stereocenters. The minimum atomic E-state index is -0.565. The van der Waals surface area contributed by atoms with Crippen molar-refractivity contribution in [1.29, 1.82) is 0 Å². The number of carbonyl (C=O) groups excluding carboxylic acids is 1. The van der Waals surface area contributed by atoms with Crippen molar-refractivity contribution < 1.29 is 9.53 Å². The molecule has 0 radical (unpaired) electrons. The van der Waals surface area contributed by atoms with Crippen LogP contribution in [0.4, 0.5) is 10.5 Å². The molecule has 2 aromatic carbocycles. The first-order chi connectivity index (χ1) is 11.5. The van der Waals surface area contributed by atoms with Crippen LogP contribution in [0.15, 0.2) is 64.0 Å². The average molecular weight is 387 g/mol. The van der Waals surface area contributed by atoms with Gasteiger partial charge in [-0.1, -0.05) is 30.3 Å². The summed E-state index contributed by atoms with van der Waals surface area (Å²) in [4.78, 5) is 24.1. The molecular formula is C18H15BrN2O3. The second-order valence-corrected chi connectivity index (χ2v) is 6.19. The van der Waals surface area contributed by atoms with E-state index in [0.717, 1.165) is 11.1 Å². The van der Waals surface area contributed by atoms with Crippen molar-refractivity contribution in [1.82, 2.24) is 4.57 Å². The Kier molecular flexibility index (Phi) is 4.66. The number of aryl methyl sites for hydroxylation is 1. The highest BCUT2D eigenvalue weighted by Gasteiger charge is 2.09. The van der Waals surface area contributed by atoms with Crippen LogP contribution < -0.4 is 10.7 Å². The van der Waals surface area contributed by atoms with Gasteiger partial charge in [0, 0.05) is 24.3 Å². The van der Waals surface area contributed by atoms with Crippen LogP contribution in [0, 0.1) is 0 Å². The summed E-state index contributed by atoms with van der Waals surface area (Å²) in [5.74, 6) is 0. The predicted molar refractivity (Wildman–Crippen MR) is 97.1 cm³/mol. The molecule has 1 aromatic heterocycles. The molecule has 3 aromatic rings. The highest BCUT2D eigenvalue weighted by Crippen LogP contribution is 2.19. The lowest BCUT2D eigenvalue weighted by Gasteiger charge is -2.10. The highest BCUT2D eigenvalue weighted by atomic mass is 79.9. The van der Waals surface area contributed by atoms with E-state index in [0.29, 0.717) is 15.5 Å². The van der Waals surface area contributed by atoms with E-state index in [1.165, 1.54) is 0 Å². The monoisotopic (exact) mass is 386 g/mol. The van der Waals surface area contributed by atoms with E-state index in [1.54, 1.807) is 24.4 Å². The average Bonchev–Trinajstić information content (AvgIpc) is 2.59. The van der Waals surface area contributed by atoms with Crippen LogP contribution in [-0.4, -0.2) is 10.7 Å². The smallest absolute Gasteiger partial charge is 0.411 e. The van der Waals surface area contributed by atoms with Crippen LogP contribution in [-0.2, 0) is 18.4 Å². The fourth-order valence-corrected chi connectivity index (χ4v) is 2.93. The van der Waals surface area contributed by atoms with Gasteiger partial charge in [0.15, 0.2) is 0 Å². The van der Waals surface area contributed by atoms with Crippen molar-refractivity contribution in [3.8, 4) is 0 Å². The van der Waals surface area contributed by atoms with E-state index in [-0.39, 0.29) is 12.0 Å². The molecule has 122 valence electrons. The van der Waals surface area contributed by atoms with E-state index >= 15 is 0 Å². The number of hydrogen-bond acceptors (Lipinski definition) is 3. The number of nitrogens with one attached hydrogen (secondary N) is 1. The SMILES string of the molecule is Cn1cc(Br)c(=O)c2cc(NC(=O)OCc3ccccc3)ccc21. The number of ether oxygens (including phenoxy) is 1. The zero-order valence-corrected chi connectivity index (χ0v) is 14.5. The Morgan fingerprint density at radius 1 is 1.21 bits per heavy atom. The third-order valence-electron chi connectivity index (χ3n) is 3.60. The second kappa shape index (κ2) is 6.88. The fourth-order valence-electron chi connectivity index (χ4n) is 2.41. The first-order valence-corrected chi connectivity index (χ1v) is 8.10. The van der Waals surface area contributed by atoms with Gasteiger partial charge in [0.25, 0.3) is 0 Å². The first kappa shape index (κ1) is 16.3. The molecule has 0 unspecified atom stereocenters. The quantitative estimate of drug-likeness (QED) is 0.738. The third kappa shape index (κ3) is 3.49. The number of nitrogens with zero attached hydrogens (tertiary/aromatic N) is 1. The number of pyridine rings is 1. The van der Waals surface area contributed by atoms with Gasteiger partial charge in [-0.3, -0.25) is 10.1 Å². The van der Waals surface area contributed by atoms with Crippen LogP contribution >= 0.6 is 15.9 Å². The molecule has 1 N–H and O–H groups in total. The number of benzene rings is 2. The summed E-state index contributed by atoms with van der Waals surface area (Å²) >= 11 is 3.25. The number of fused-ring (bicyclic) bond motifs is 1. The summed E-state index contributed by atoms with van der Waals surface area (Å²) in [6, 6.07) is 14.6. The van der Waals surface area contributed by atoms with Crippen molar-refractivity contribution >= 4 is 38.6 Å². The van der Waals surface area contributed by atoms with Crippen molar-refractivity contribution in [3.05, 3.63) is 75.0 Å². The van der Waals surface area contributed by atoms with Gasteiger partial charge in [-0.05, 0) is 39.7 Å². The Labute approximate surface area is 147 Å². The zero-order chi connectivity index (χ0) is 17.1. The summed E-state index contributed by atoms with van der Waals surface area (Å²) in [6.07, 6.45) is 1.15. The maximum atomic E-state index is 12.2. The molecule has 3 rings (SSSR count). The molecule has 0 bridgehead atoms. The molecule has 24 heavy (non-hydrogen) atoms. The Hall–Kier alpha value is -2.60. The van der Waals surface area contributed by atoms with Gasteiger partial charge >= 0.3 is 6.09 Å². The molecule has 1 amide bonds. The zero-order valence-electron chi connectivity index (χ0n) is 13.0. The lowest BCUT2D eigenvalue weighted by atomic mass is 10.2. The minimum Gasteiger partial charge on any atom is -0.444 e. The molecule has 0 aliphatic carbocycles. The molecule has 0 spiro atoms. The van der Waals surface area contributed by atoms with Gasteiger partial charge in [0.1, 0.15) is 6.61 Å². The Morgan fingerprint density at radius 2 is 1.96 bits per heavy atom. The molecule has 6 heteroatoms. The maximum absolute atomic E-state index is 12.2. The topological polar surface area (TPSA) is 60.3 Å². The molecule has 0 aliphatic rings. The standard InChI is InChI=1S/C18H15BrN2O3/c1-21-10-15(19)17(22)14-9-13(7-8-16(14)21)20-18(23)24-11-12-5-3-2-4-6-12/h2-10H,11H2,1H3,(H,20,23). The van der Waals surface area contributed by atoms with Gasteiger partial charge in [0.05, 0.1) is 9.99 Å². The van der Waals surface area contributed by atoms with Crippen LogP contribution in [0.1, 0.15) is 5.56 Å². The van der Waals surface area contributed by atoms with Gasteiger partial charge < -0.3 is 9.30 Å². The third-order valence-corrected chi connectivity index (χ3v) is 4.17. The van der Waals surface area contributed by atoms with Gasteiger partial charge in [-0.25, -0.2) is 4.79 Å². The lowest BCUT2D eigenvalue weighted by molar-refractivity contribution is 0.155. The molecular weight excluding hydrogens is 372 g/mol. The molecule has 0 saturated carbocycles. The Bertz CT molecular complexity index is 952. The highest BCUT2D eigenvalue weighted by molar-refractivity contribution is 9.10. The largest absolute Gasteiger partial charge is 0.444 e. The van der Waals surface area contributed by atoms with Crippen molar-refractivity contribution in [2.75, 3.05) is 5.32 Å². The number of aromatic nitrogens is 1. The van der Waals surface area contributed by atoms with Gasteiger partial charge in [0.2, 0.25) is 5.43 Å². The summed E-state index contributed by atoms with van der Waals surface area (Å²) in [6.45, 7) is 0.188. The number of halogens is 1. The van der Waals surface area contributed by atoms with Crippen molar-refractivity contribution in [2.24, 2.45) is 7.05 Å². The van der Waals surface area contributed by atoms with E-state index in [2.05, 4.69) is 21.2 Å². The lowest BCUT2D eigenvalue weighted by Crippen LogP contribution is -2.14. The second-order valence-electron chi connectivity index (χ2n) is 5.34. The molecule has 0 saturated heterocycles. The number of rotatable bonds is 3. The Balaban J connectivity index is 1.76. The molecule has 5 nitrogen and oxygen atoms in total. The summed E-state index contributed by atoms with van der Waals surface area (Å²) in [7, 11) is 1.85. The molecule has 1 heterocycles. The summed E-state index contributed by atoms with van der Waals surface area (Å²) in [5, 5.41) is 3.17. The van der Waals surface area contributed by atoms with E-state index in [4.69, 9.17) is 4.74 Å². The van der Waals surface area contributed by atoms with Gasteiger partial charge in [-0.2, -0.15) is 0 Å². The number of amides is 1. The van der Waals surface area contributed by atoms with E-state index < -0.39 is 6.09 Å². The maximum Gasteiger partial charge on any atom is 0.411 e.